The SMILES string of the molecule is CCCNC(c1ccn(Cc2cccc(C)c2)c1)C1CC1. The summed E-state index contributed by atoms with van der Waals surface area (Å²) in [5.41, 5.74) is 4.17. The second-order valence-corrected chi connectivity index (χ2v) is 6.38. The van der Waals surface area contributed by atoms with Gasteiger partial charge in [-0.3, -0.25) is 0 Å². The minimum absolute atomic E-state index is 0.559. The van der Waals surface area contributed by atoms with Crippen molar-refractivity contribution in [2.45, 2.75) is 45.7 Å². The van der Waals surface area contributed by atoms with E-state index in [1.54, 1.807) is 0 Å². The Kier molecular flexibility index (Phi) is 4.45. The highest BCUT2D eigenvalue weighted by Crippen LogP contribution is 2.41. The molecule has 1 fully saturated rings. The molecule has 0 bridgehead atoms. The van der Waals surface area contributed by atoms with Crippen molar-refractivity contribution in [3.63, 3.8) is 0 Å². The van der Waals surface area contributed by atoms with E-state index in [4.69, 9.17) is 0 Å². The first-order valence-corrected chi connectivity index (χ1v) is 8.21. The molecule has 0 saturated heterocycles. The van der Waals surface area contributed by atoms with Crippen LogP contribution < -0.4 is 5.32 Å². The summed E-state index contributed by atoms with van der Waals surface area (Å²) in [5.74, 6) is 0.853. The first-order valence-electron chi connectivity index (χ1n) is 8.21. The fraction of sp³-hybridized carbons (Fsp3) is 0.474. The Morgan fingerprint density at radius 3 is 2.86 bits per heavy atom. The van der Waals surface area contributed by atoms with Gasteiger partial charge in [0.15, 0.2) is 0 Å². The van der Waals surface area contributed by atoms with E-state index < -0.39 is 0 Å². The van der Waals surface area contributed by atoms with Gasteiger partial charge in [0, 0.05) is 25.0 Å². The highest BCUT2D eigenvalue weighted by atomic mass is 15.0. The molecular formula is C19H26N2. The minimum Gasteiger partial charge on any atom is -0.350 e. The molecule has 0 radical (unpaired) electrons. The second kappa shape index (κ2) is 6.48. The van der Waals surface area contributed by atoms with Crippen LogP contribution in [0.25, 0.3) is 0 Å². The average molecular weight is 282 g/mol. The Balaban J connectivity index is 1.70. The van der Waals surface area contributed by atoms with Gasteiger partial charge in [0.1, 0.15) is 0 Å². The van der Waals surface area contributed by atoms with E-state index >= 15 is 0 Å². The van der Waals surface area contributed by atoms with Crippen LogP contribution in [0, 0.1) is 12.8 Å². The van der Waals surface area contributed by atoms with Crippen molar-refractivity contribution in [1.82, 2.24) is 9.88 Å². The van der Waals surface area contributed by atoms with Crippen LogP contribution in [-0.4, -0.2) is 11.1 Å². The minimum atomic E-state index is 0.559. The van der Waals surface area contributed by atoms with Gasteiger partial charge in [0.2, 0.25) is 0 Å². The molecule has 1 unspecified atom stereocenters. The van der Waals surface area contributed by atoms with Crippen LogP contribution in [0.15, 0.2) is 42.7 Å². The highest BCUT2D eigenvalue weighted by Gasteiger charge is 2.32. The summed E-state index contributed by atoms with van der Waals surface area (Å²) in [6, 6.07) is 11.6. The summed E-state index contributed by atoms with van der Waals surface area (Å²) >= 11 is 0. The van der Waals surface area contributed by atoms with Crippen LogP contribution >= 0.6 is 0 Å². The lowest BCUT2D eigenvalue weighted by Gasteiger charge is -2.16. The molecule has 1 N–H and O–H groups in total. The number of nitrogens with one attached hydrogen (secondary N) is 1. The molecule has 0 amide bonds. The highest BCUT2D eigenvalue weighted by molar-refractivity contribution is 5.24. The topological polar surface area (TPSA) is 17.0 Å². The van der Waals surface area contributed by atoms with Crippen molar-refractivity contribution >= 4 is 0 Å². The van der Waals surface area contributed by atoms with Crippen molar-refractivity contribution in [2.24, 2.45) is 5.92 Å². The molecule has 2 aromatic rings. The predicted molar refractivity (Wildman–Crippen MR) is 88.5 cm³/mol. The van der Waals surface area contributed by atoms with Crippen LogP contribution in [0.5, 0.6) is 0 Å². The van der Waals surface area contributed by atoms with Gasteiger partial charge in [-0.05, 0) is 55.8 Å². The molecule has 1 aromatic heterocycles. The summed E-state index contributed by atoms with van der Waals surface area (Å²) in [7, 11) is 0. The van der Waals surface area contributed by atoms with Crippen molar-refractivity contribution in [1.29, 1.82) is 0 Å². The largest absolute Gasteiger partial charge is 0.350 e. The van der Waals surface area contributed by atoms with Gasteiger partial charge in [-0.2, -0.15) is 0 Å². The fourth-order valence-electron chi connectivity index (χ4n) is 3.05. The number of aromatic nitrogens is 1. The molecule has 112 valence electrons. The van der Waals surface area contributed by atoms with Crippen LogP contribution in [-0.2, 0) is 6.54 Å². The average Bonchev–Trinajstić information content (AvgIpc) is 3.20. The number of benzene rings is 1. The molecule has 1 atom stereocenters. The standard InChI is InChI=1S/C19H26N2/c1-3-10-20-19(17-7-8-17)18-9-11-21(14-18)13-16-6-4-5-15(2)12-16/h4-6,9,11-12,14,17,19-20H,3,7-8,10,13H2,1-2H3. The third-order valence-electron chi connectivity index (χ3n) is 4.29. The molecular weight excluding hydrogens is 256 g/mol. The maximum absolute atomic E-state index is 3.72. The lowest BCUT2D eigenvalue weighted by Crippen LogP contribution is -2.23. The molecule has 1 aliphatic carbocycles. The zero-order valence-electron chi connectivity index (χ0n) is 13.2. The lowest BCUT2D eigenvalue weighted by atomic mass is 10.1. The van der Waals surface area contributed by atoms with Crippen molar-refractivity contribution in [3.05, 3.63) is 59.4 Å². The Labute approximate surface area is 128 Å². The van der Waals surface area contributed by atoms with Gasteiger partial charge in [-0.25, -0.2) is 0 Å². The number of hydrogen-bond acceptors (Lipinski definition) is 1. The molecule has 2 nitrogen and oxygen atoms in total. The Morgan fingerprint density at radius 1 is 1.29 bits per heavy atom. The normalized spacial score (nSPS) is 16.1. The van der Waals surface area contributed by atoms with Gasteiger partial charge in [0.25, 0.3) is 0 Å². The third-order valence-corrected chi connectivity index (χ3v) is 4.29. The number of hydrogen-bond donors (Lipinski definition) is 1. The summed E-state index contributed by atoms with van der Waals surface area (Å²) in [6.45, 7) is 6.47. The molecule has 1 aliphatic rings. The van der Waals surface area contributed by atoms with E-state index in [0.29, 0.717) is 6.04 Å². The first kappa shape index (κ1) is 14.4. The molecule has 1 saturated carbocycles. The zero-order chi connectivity index (χ0) is 14.7. The van der Waals surface area contributed by atoms with Gasteiger partial charge in [0.05, 0.1) is 0 Å². The first-order chi connectivity index (χ1) is 10.3. The summed E-state index contributed by atoms with van der Waals surface area (Å²) in [6.07, 6.45) is 8.51. The van der Waals surface area contributed by atoms with Crippen LogP contribution in [0.1, 0.15) is 48.9 Å². The van der Waals surface area contributed by atoms with Crippen molar-refractivity contribution < 1.29 is 0 Å². The zero-order valence-corrected chi connectivity index (χ0v) is 13.2. The van der Waals surface area contributed by atoms with Crippen LogP contribution in [0.3, 0.4) is 0 Å². The molecule has 1 heterocycles. The van der Waals surface area contributed by atoms with Gasteiger partial charge < -0.3 is 9.88 Å². The van der Waals surface area contributed by atoms with E-state index in [9.17, 15) is 0 Å². The van der Waals surface area contributed by atoms with Gasteiger partial charge in [-0.1, -0.05) is 36.8 Å². The molecule has 3 rings (SSSR count). The monoisotopic (exact) mass is 282 g/mol. The molecule has 0 aliphatic heterocycles. The summed E-state index contributed by atoms with van der Waals surface area (Å²) in [5, 5.41) is 3.72. The van der Waals surface area contributed by atoms with E-state index in [0.717, 1.165) is 19.0 Å². The van der Waals surface area contributed by atoms with E-state index in [1.807, 2.05) is 0 Å². The predicted octanol–water partition coefficient (Wildman–Crippen LogP) is 4.30. The van der Waals surface area contributed by atoms with Gasteiger partial charge >= 0.3 is 0 Å². The maximum atomic E-state index is 3.72. The number of aryl methyl sites for hydroxylation is 1. The van der Waals surface area contributed by atoms with Gasteiger partial charge in [-0.15, -0.1) is 0 Å². The van der Waals surface area contributed by atoms with E-state index in [2.05, 4.69) is 66.5 Å². The lowest BCUT2D eigenvalue weighted by molar-refractivity contribution is 0.480. The van der Waals surface area contributed by atoms with E-state index in [1.165, 1.54) is 36.0 Å². The number of rotatable bonds is 7. The van der Waals surface area contributed by atoms with Crippen molar-refractivity contribution in [3.8, 4) is 0 Å². The Morgan fingerprint density at radius 2 is 2.14 bits per heavy atom. The quantitative estimate of drug-likeness (QED) is 0.801. The van der Waals surface area contributed by atoms with Crippen LogP contribution in [0.2, 0.25) is 0 Å². The smallest absolute Gasteiger partial charge is 0.0470 e. The summed E-state index contributed by atoms with van der Waals surface area (Å²) < 4.78 is 2.31. The molecule has 0 spiro atoms. The van der Waals surface area contributed by atoms with Crippen molar-refractivity contribution in [2.75, 3.05) is 6.54 Å². The molecule has 1 aromatic carbocycles. The Bertz CT molecular complexity index is 581. The molecule has 21 heavy (non-hydrogen) atoms. The maximum Gasteiger partial charge on any atom is 0.0470 e. The van der Waals surface area contributed by atoms with E-state index in [-0.39, 0.29) is 0 Å². The number of nitrogens with zero attached hydrogens (tertiary/aromatic N) is 1. The Hall–Kier alpha value is -1.54. The third kappa shape index (κ3) is 3.76. The summed E-state index contributed by atoms with van der Waals surface area (Å²) in [4.78, 5) is 0. The van der Waals surface area contributed by atoms with Crippen LogP contribution in [0.4, 0.5) is 0 Å². The fourth-order valence-corrected chi connectivity index (χ4v) is 3.05. The molecule has 2 heteroatoms. The second-order valence-electron chi connectivity index (χ2n) is 6.38.